The molecule has 19 heteroatoms. The monoisotopic (exact) mass is 1230 g/mol. The van der Waals surface area contributed by atoms with Crippen LogP contribution < -0.4 is 5.32 Å². The van der Waals surface area contributed by atoms with Gasteiger partial charge in [0.15, 0.2) is 18.9 Å². The summed E-state index contributed by atoms with van der Waals surface area (Å²) in [6, 6.07) is -0.994. The first kappa shape index (κ1) is 78.3. The quantitative estimate of drug-likeness (QED) is 0.0201. The summed E-state index contributed by atoms with van der Waals surface area (Å²) in [6.45, 7) is 1.71. The van der Waals surface area contributed by atoms with Crippen molar-refractivity contribution in [3.8, 4) is 0 Å². The molecule has 3 saturated heterocycles. The predicted molar refractivity (Wildman–Crippen MR) is 333 cm³/mol. The highest BCUT2D eigenvalue weighted by Crippen LogP contribution is 2.33. The summed E-state index contributed by atoms with van der Waals surface area (Å²) >= 11 is 0. The summed E-state index contributed by atoms with van der Waals surface area (Å²) < 4.78 is 34.3. The Morgan fingerprint density at radius 3 is 1.16 bits per heavy atom. The Labute approximate surface area is 517 Å². The molecule has 0 aromatic rings. The van der Waals surface area contributed by atoms with Crippen molar-refractivity contribution >= 4 is 5.91 Å². The lowest BCUT2D eigenvalue weighted by Gasteiger charge is -2.48. The Morgan fingerprint density at radius 2 is 0.744 bits per heavy atom. The van der Waals surface area contributed by atoms with E-state index in [2.05, 4.69) is 43.5 Å². The number of hydrogen-bond acceptors (Lipinski definition) is 18. The Balaban J connectivity index is 1.44. The van der Waals surface area contributed by atoms with Crippen molar-refractivity contribution in [2.45, 2.75) is 356 Å². The number of aliphatic hydroxyl groups excluding tert-OH is 11. The number of carbonyl (C=O) groups excluding carboxylic acids is 1. The fraction of sp³-hybridized carbons (Fsp3) is 0.896. The number of nitrogens with one attached hydrogen (secondary N) is 1. The van der Waals surface area contributed by atoms with E-state index in [9.17, 15) is 61.0 Å². The second-order valence-corrected chi connectivity index (χ2v) is 24.6. The van der Waals surface area contributed by atoms with Crippen molar-refractivity contribution in [2.24, 2.45) is 0 Å². The predicted octanol–water partition coefficient (Wildman–Crippen LogP) is 8.44. The summed E-state index contributed by atoms with van der Waals surface area (Å²) in [6.07, 6.45) is 29.9. The largest absolute Gasteiger partial charge is 0.394 e. The maximum atomic E-state index is 13.4. The van der Waals surface area contributed by atoms with Crippen LogP contribution in [0, 0.1) is 0 Å². The number of unbranched alkanes of at least 4 members (excludes halogenated alkanes) is 32. The Hall–Kier alpha value is -1.99. The van der Waals surface area contributed by atoms with E-state index >= 15 is 0 Å². The van der Waals surface area contributed by atoms with E-state index in [0.717, 1.165) is 44.9 Å². The minimum atomic E-state index is -1.98. The maximum absolute atomic E-state index is 13.4. The fourth-order valence-corrected chi connectivity index (χ4v) is 11.6. The zero-order valence-electron chi connectivity index (χ0n) is 53.0. The van der Waals surface area contributed by atoms with Crippen LogP contribution in [0.4, 0.5) is 0 Å². The van der Waals surface area contributed by atoms with Crippen molar-refractivity contribution in [3.05, 3.63) is 36.5 Å². The molecule has 3 rings (SSSR count). The lowest BCUT2D eigenvalue weighted by molar-refractivity contribution is -0.379. The number of hydrogen-bond donors (Lipinski definition) is 12. The van der Waals surface area contributed by atoms with Gasteiger partial charge >= 0.3 is 0 Å². The third-order valence-corrected chi connectivity index (χ3v) is 17.2. The second-order valence-electron chi connectivity index (χ2n) is 24.6. The summed E-state index contributed by atoms with van der Waals surface area (Å²) in [5.41, 5.74) is 0. The van der Waals surface area contributed by atoms with Crippen LogP contribution in [0.15, 0.2) is 36.5 Å². The van der Waals surface area contributed by atoms with Gasteiger partial charge in [-0.3, -0.25) is 4.79 Å². The van der Waals surface area contributed by atoms with Gasteiger partial charge in [0.05, 0.1) is 38.6 Å². The molecule has 86 heavy (non-hydrogen) atoms. The molecule has 3 heterocycles. The van der Waals surface area contributed by atoms with Gasteiger partial charge < -0.3 is 89.9 Å². The molecule has 0 bridgehead atoms. The van der Waals surface area contributed by atoms with Crippen molar-refractivity contribution in [2.75, 3.05) is 26.4 Å². The number of allylic oxidation sites excluding steroid dienone is 5. The molecule has 0 spiro atoms. The zero-order chi connectivity index (χ0) is 62.6. The molecule has 12 N–H and O–H groups in total. The van der Waals surface area contributed by atoms with Crippen LogP contribution in [0.2, 0.25) is 0 Å². The van der Waals surface area contributed by atoms with Gasteiger partial charge in [0.25, 0.3) is 0 Å². The SMILES string of the molecule is CCCCCCCC/C=C/CC/C=C/CC/C=C/C(O)C(COC1OC(CO)C(OC2OC(CO)C(OC3OC(CO)C(O)C(O)C3O)C(O)C2O)C(O)C1O)NC(=O)CCCCCCCCCCCCCCCCCCCCCCCCCCC. The second kappa shape index (κ2) is 49.7. The minimum absolute atomic E-state index is 0.236. The lowest BCUT2D eigenvalue weighted by Crippen LogP contribution is -2.66. The van der Waals surface area contributed by atoms with Crippen LogP contribution in [-0.4, -0.2) is 193 Å². The molecule has 3 aliphatic heterocycles. The highest BCUT2D eigenvalue weighted by atomic mass is 16.8. The van der Waals surface area contributed by atoms with E-state index < -0.39 is 124 Å². The Morgan fingerprint density at radius 1 is 0.407 bits per heavy atom. The highest BCUT2D eigenvalue weighted by molar-refractivity contribution is 5.76. The average molecular weight is 1230 g/mol. The molecule has 17 atom stereocenters. The van der Waals surface area contributed by atoms with Crippen LogP contribution >= 0.6 is 0 Å². The first-order valence-corrected chi connectivity index (χ1v) is 34.2. The summed E-state index contributed by atoms with van der Waals surface area (Å²) in [5, 5.41) is 120. The molecular formula is C67H123NO18. The van der Waals surface area contributed by atoms with Gasteiger partial charge in [0, 0.05) is 6.42 Å². The normalized spacial score (nSPS) is 29.0. The lowest BCUT2D eigenvalue weighted by atomic mass is 9.96. The molecule has 0 aliphatic carbocycles. The van der Waals surface area contributed by atoms with Crippen molar-refractivity contribution in [1.29, 1.82) is 0 Å². The van der Waals surface area contributed by atoms with Crippen LogP contribution in [0.25, 0.3) is 0 Å². The zero-order valence-corrected chi connectivity index (χ0v) is 53.0. The molecule has 3 aliphatic rings. The van der Waals surface area contributed by atoms with Crippen LogP contribution in [-0.2, 0) is 33.2 Å². The summed E-state index contributed by atoms with van der Waals surface area (Å²) in [4.78, 5) is 13.4. The van der Waals surface area contributed by atoms with Crippen LogP contribution in [0.5, 0.6) is 0 Å². The molecule has 0 aromatic carbocycles. The van der Waals surface area contributed by atoms with Gasteiger partial charge in [0.1, 0.15) is 73.2 Å². The topological polar surface area (TPSA) is 307 Å². The molecule has 1 amide bonds. The van der Waals surface area contributed by atoms with E-state index in [-0.39, 0.29) is 18.9 Å². The van der Waals surface area contributed by atoms with E-state index in [1.54, 1.807) is 6.08 Å². The summed E-state index contributed by atoms with van der Waals surface area (Å²) in [7, 11) is 0. The van der Waals surface area contributed by atoms with Crippen molar-refractivity contribution in [3.63, 3.8) is 0 Å². The van der Waals surface area contributed by atoms with E-state index in [1.165, 1.54) is 173 Å². The number of aliphatic hydroxyl groups is 11. The maximum Gasteiger partial charge on any atom is 0.220 e. The van der Waals surface area contributed by atoms with Gasteiger partial charge in [-0.1, -0.05) is 237 Å². The van der Waals surface area contributed by atoms with E-state index in [1.807, 2.05) is 6.08 Å². The average Bonchev–Trinajstić information content (AvgIpc) is 2.21. The third kappa shape index (κ3) is 31.8. The Kier molecular flexibility index (Phi) is 45.2. The van der Waals surface area contributed by atoms with Crippen LogP contribution in [0.3, 0.4) is 0 Å². The van der Waals surface area contributed by atoms with Gasteiger partial charge in [-0.2, -0.15) is 0 Å². The number of rotatable bonds is 52. The van der Waals surface area contributed by atoms with Gasteiger partial charge in [-0.15, -0.1) is 0 Å². The van der Waals surface area contributed by atoms with Crippen LogP contribution in [0.1, 0.15) is 251 Å². The van der Waals surface area contributed by atoms with Gasteiger partial charge in [-0.25, -0.2) is 0 Å². The molecular weight excluding hydrogens is 1110 g/mol. The first-order valence-electron chi connectivity index (χ1n) is 34.2. The molecule has 504 valence electrons. The van der Waals surface area contributed by atoms with Crippen molar-refractivity contribution < 1.29 is 89.4 Å². The molecule has 17 unspecified atom stereocenters. The Bertz CT molecular complexity index is 1710. The molecule has 0 aromatic heterocycles. The smallest absolute Gasteiger partial charge is 0.220 e. The van der Waals surface area contributed by atoms with Crippen molar-refractivity contribution in [1.82, 2.24) is 5.32 Å². The number of amides is 1. The standard InChI is InChI=1S/C67H123NO18/c1-3-5-7-9-11-13-15-17-19-21-22-23-24-25-26-27-28-29-31-33-35-37-39-41-43-45-55(73)68-50(51(72)44-42-40-38-36-34-32-30-20-18-16-14-12-10-8-6-4-2)49-81-65-61(79)58(76)63(53(47-70)83-65)86-67-62(80)59(77)64(54(48-71)84-67)85-66-60(78)57(75)56(74)52(46-69)82-66/h18,20,34,36,42,44,50-54,56-67,69-72,74-80H,3-17,19,21-33,35,37-41,43,45-49H2,1-2H3,(H,68,73)/b20-18+,36-34+,44-42+. The molecule has 3 fully saturated rings. The molecule has 0 radical (unpaired) electrons. The third-order valence-electron chi connectivity index (χ3n) is 17.2. The number of ether oxygens (including phenoxy) is 6. The fourth-order valence-electron chi connectivity index (χ4n) is 11.6. The minimum Gasteiger partial charge on any atom is -0.394 e. The van der Waals surface area contributed by atoms with E-state index in [0.29, 0.717) is 12.8 Å². The number of carbonyl (C=O) groups is 1. The first-order chi connectivity index (χ1) is 41.8. The van der Waals surface area contributed by atoms with E-state index in [4.69, 9.17) is 28.4 Å². The summed E-state index contributed by atoms with van der Waals surface area (Å²) in [5.74, 6) is -0.286. The van der Waals surface area contributed by atoms with Gasteiger partial charge in [0.2, 0.25) is 5.91 Å². The molecule has 0 saturated carbocycles. The molecule has 19 nitrogen and oxygen atoms in total. The highest BCUT2D eigenvalue weighted by Gasteiger charge is 2.53. The van der Waals surface area contributed by atoms with Gasteiger partial charge in [-0.05, 0) is 44.9 Å².